The lowest BCUT2D eigenvalue weighted by molar-refractivity contribution is 0.102. The van der Waals surface area contributed by atoms with Crippen LogP contribution < -0.4 is 5.32 Å². The third-order valence-electron chi connectivity index (χ3n) is 2.57. The van der Waals surface area contributed by atoms with E-state index in [1.165, 1.54) is 0 Å². The van der Waals surface area contributed by atoms with Gasteiger partial charge in [-0.3, -0.25) is 9.48 Å². The van der Waals surface area contributed by atoms with Crippen LogP contribution in [0.3, 0.4) is 0 Å². The van der Waals surface area contributed by atoms with Gasteiger partial charge in [-0.25, -0.2) is 0 Å². The molecule has 0 bridgehead atoms. The molecule has 0 saturated carbocycles. The summed E-state index contributed by atoms with van der Waals surface area (Å²) >= 11 is 2.22. The second kappa shape index (κ2) is 5.51. The Kier molecular flexibility index (Phi) is 4.00. The molecular formula is C13H14IN3O. The van der Waals surface area contributed by atoms with Crippen LogP contribution in [-0.4, -0.2) is 15.7 Å². The molecule has 1 aromatic carbocycles. The molecule has 0 unspecified atom stereocenters. The molecule has 0 saturated heterocycles. The fourth-order valence-electron chi connectivity index (χ4n) is 1.75. The number of aromatic nitrogens is 2. The molecule has 1 aromatic heterocycles. The van der Waals surface area contributed by atoms with E-state index in [4.69, 9.17) is 0 Å². The van der Waals surface area contributed by atoms with Crippen molar-refractivity contribution in [3.63, 3.8) is 0 Å². The summed E-state index contributed by atoms with van der Waals surface area (Å²) < 4.78 is 2.76. The third kappa shape index (κ3) is 2.90. The van der Waals surface area contributed by atoms with Crippen molar-refractivity contribution in [2.24, 2.45) is 7.05 Å². The molecule has 0 radical (unpaired) electrons. The van der Waals surface area contributed by atoms with Gasteiger partial charge in [-0.15, -0.1) is 0 Å². The molecule has 0 fully saturated rings. The average Bonchev–Trinajstić information content (AvgIpc) is 2.70. The fourth-order valence-corrected chi connectivity index (χ4v) is 2.29. The highest BCUT2D eigenvalue weighted by Gasteiger charge is 2.14. The van der Waals surface area contributed by atoms with Gasteiger partial charge in [-0.2, -0.15) is 5.10 Å². The second-order valence-corrected chi connectivity index (χ2v) is 5.23. The number of carbonyl (C=O) groups is 1. The highest BCUT2D eigenvalue weighted by Crippen LogP contribution is 2.15. The summed E-state index contributed by atoms with van der Waals surface area (Å²) in [5, 5.41) is 7.15. The molecule has 0 aliphatic rings. The Labute approximate surface area is 120 Å². The van der Waals surface area contributed by atoms with Gasteiger partial charge in [0, 0.05) is 22.5 Å². The van der Waals surface area contributed by atoms with Crippen LogP contribution in [0.1, 0.15) is 23.0 Å². The van der Waals surface area contributed by atoms with Gasteiger partial charge in [0.1, 0.15) is 0 Å². The maximum absolute atomic E-state index is 12.2. The zero-order valence-electron chi connectivity index (χ0n) is 10.3. The number of amides is 1. The highest BCUT2D eigenvalue weighted by molar-refractivity contribution is 14.1. The van der Waals surface area contributed by atoms with E-state index in [9.17, 15) is 4.79 Å². The summed E-state index contributed by atoms with van der Waals surface area (Å²) in [7, 11) is 1.82. The minimum Gasteiger partial charge on any atom is -0.322 e. The monoisotopic (exact) mass is 355 g/mol. The number of halogens is 1. The first kappa shape index (κ1) is 13.1. The van der Waals surface area contributed by atoms with Crippen molar-refractivity contribution in [2.45, 2.75) is 13.3 Å². The molecular weight excluding hydrogens is 341 g/mol. The van der Waals surface area contributed by atoms with Crippen molar-refractivity contribution in [2.75, 3.05) is 5.32 Å². The number of hydrogen-bond donors (Lipinski definition) is 1. The molecule has 1 heterocycles. The zero-order valence-corrected chi connectivity index (χ0v) is 12.4. The minimum absolute atomic E-state index is 0.109. The van der Waals surface area contributed by atoms with Crippen molar-refractivity contribution >= 4 is 34.2 Å². The van der Waals surface area contributed by atoms with Crippen LogP contribution in [0.5, 0.6) is 0 Å². The van der Waals surface area contributed by atoms with Crippen LogP contribution in [-0.2, 0) is 13.5 Å². The van der Waals surface area contributed by atoms with Crippen LogP contribution in [0.4, 0.5) is 5.69 Å². The molecule has 2 aromatic rings. The smallest absolute Gasteiger partial charge is 0.259 e. The van der Waals surface area contributed by atoms with Gasteiger partial charge in [-0.05, 0) is 47.2 Å². The third-order valence-corrected chi connectivity index (χ3v) is 3.24. The maximum Gasteiger partial charge on any atom is 0.259 e. The minimum atomic E-state index is -0.109. The van der Waals surface area contributed by atoms with Gasteiger partial charge in [0.2, 0.25) is 0 Å². The molecule has 18 heavy (non-hydrogen) atoms. The first-order valence-corrected chi connectivity index (χ1v) is 6.77. The number of rotatable bonds is 3. The number of carbonyl (C=O) groups excluding carboxylic acids is 1. The summed E-state index contributed by atoms with van der Waals surface area (Å²) in [6, 6.07) is 7.71. The number of hydrogen-bond acceptors (Lipinski definition) is 2. The lowest BCUT2D eigenvalue weighted by atomic mass is 10.2. The van der Waals surface area contributed by atoms with Gasteiger partial charge in [0.05, 0.1) is 11.3 Å². The van der Waals surface area contributed by atoms with E-state index < -0.39 is 0 Å². The van der Waals surface area contributed by atoms with E-state index in [1.807, 2.05) is 38.2 Å². The zero-order chi connectivity index (χ0) is 13.1. The van der Waals surface area contributed by atoms with Crippen LogP contribution in [0, 0.1) is 3.57 Å². The molecule has 4 nitrogen and oxygen atoms in total. The van der Waals surface area contributed by atoms with E-state index >= 15 is 0 Å². The summed E-state index contributed by atoms with van der Waals surface area (Å²) in [5.74, 6) is -0.109. The standard InChI is InChI=1S/C13H14IN3O/c1-3-12-11(8-17(2)16-12)13(18)15-10-6-4-5-9(14)7-10/h4-8H,3H2,1-2H3,(H,15,18). The highest BCUT2D eigenvalue weighted by atomic mass is 127. The number of aryl methyl sites for hydroxylation is 2. The summed E-state index contributed by atoms with van der Waals surface area (Å²) in [5.41, 5.74) is 2.26. The Morgan fingerprint density at radius 3 is 2.94 bits per heavy atom. The Hall–Kier alpha value is -1.37. The second-order valence-electron chi connectivity index (χ2n) is 3.98. The van der Waals surface area contributed by atoms with Gasteiger partial charge in [0.25, 0.3) is 5.91 Å². The molecule has 94 valence electrons. The van der Waals surface area contributed by atoms with Crippen LogP contribution in [0.25, 0.3) is 0 Å². The predicted molar refractivity (Wildman–Crippen MR) is 79.7 cm³/mol. The van der Waals surface area contributed by atoms with Gasteiger partial charge >= 0.3 is 0 Å². The number of nitrogens with one attached hydrogen (secondary N) is 1. The Morgan fingerprint density at radius 2 is 2.28 bits per heavy atom. The topological polar surface area (TPSA) is 46.9 Å². The largest absolute Gasteiger partial charge is 0.322 e. The van der Waals surface area contributed by atoms with E-state index in [2.05, 4.69) is 33.0 Å². The van der Waals surface area contributed by atoms with Crippen LogP contribution >= 0.6 is 22.6 Å². The fraction of sp³-hybridized carbons (Fsp3) is 0.231. The van der Waals surface area contributed by atoms with Crippen molar-refractivity contribution in [3.8, 4) is 0 Å². The quantitative estimate of drug-likeness (QED) is 0.861. The van der Waals surface area contributed by atoms with Gasteiger partial charge in [-0.1, -0.05) is 13.0 Å². The van der Waals surface area contributed by atoms with E-state index in [-0.39, 0.29) is 5.91 Å². The summed E-state index contributed by atoms with van der Waals surface area (Å²) in [6.45, 7) is 1.99. The Morgan fingerprint density at radius 1 is 1.50 bits per heavy atom. The summed E-state index contributed by atoms with van der Waals surface area (Å²) in [4.78, 5) is 12.2. The molecule has 5 heteroatoms. The number of benzene rings is 1. The predicted octanol–water partition coefficient (Wildman–Crippen LogP) is 2.84. The first-order chi connectivity index (χ1) is 8.60. The SMILES string of the molecule is CCc1nn(C)cc1C(=O)Nc1cccc(I)c1. The lowest BCUT2D eigenvalue weighted by Gasteiger charge is -2.04. The maximum atomic E-state index is 12.2. The number of nitrogens with zero attached hydrogens (tertiary/aromatic N) is 2. The van der Waals surface area contributed by atoms with Crippen LogP contribution in [0.2, 0.25) is 0 Å². The van der Waals surface area contributed by atoms with E-state index in [0.717, 1.165) is 21.4 Å². The molecule has 1 N–H and O–H groups in total. The molecule has 0 spiro atoms. The van der Waals surface area contributed by atoms with Gasteiger partial charge in [0.15, 0.2) is 0 Å². The Balaban J connectivity index is 2.21. The van der Waals surface area contributed by atoms with Crippen molar-refractivity contribution in [1.29, 1.82) is 0 Å². The molecule has 1 amide bonds. The first-order valence-electron chi connectivity index (χ1n) is 5.69. The number of anilines is 1. The Bertz CT molecular complexity index is 577. The van der Waals surface area contributed by atoms with Crippen molar-refractivity contribution < 1.29 is 4.79 Å². The normalized spacial score (nSPS) is 10.4. The molecule has 2 rings (SSSR count). The van der Waals surface area contributed by atoms with Crippen molar-refractivity contribution in [1.82, 2.24) is 9.78 Å². The van der Waals surface area contributed by atoms with Crippen molar-refractivity contribution in [3.05, 3.63) is 45.3 Å². The average molecular weight is 355 g/mol. The summed E-state index contributed by atoms with van der Waals surface area (Å²) in [6.07, 6.45) is 2.50. The van der Waals surface area contributed by atoms with E-state index in [0.29, 0.717) is 5.56 Å². The molecule has 0 aliphatic carbocycles. The van der Waals surface area contributed by atoms with Gasteiger partial charge < -0.3 is 5.32 Å². The van der Waals surface area contributed by atoms with Crippen LogP contribution in [0.15, 0.2) is 30.5 Å². The molecule has 0 aliphatic heterocycles. The van der Waals surface area contributed by atoms with E-state index in [1.54, 1.807) is 10.9 Å². The molecule has 0 atom stereocenters. The lowest BCUT2D eigenvalue weighted by Crippen LogP contribution is -2.13.